The summed E-state index contributed by atoms with van der Waals surface area (Å²) < 4.78 is 5.43. The Balaban J connectivity index is 1.57. The van der Waals surface area contributed by atoms with Crippen LogP contribution in [0, 0.1) is 6.92 Å². The molecule has 0 saturated heterocycles. The molecule has 1 N–H and O–H groups in total. The highest BCUT2D eigenvalue weighted by Crippen LogP contribution is 2.27. The predicted octanol–water partition coefficient (Wildman–Crippen LogP) is 4.18. The van der Waals surface area contributed by atoms with Gasteiger partial charge in [-0.2, -0.15) is 0 Å². The number of hydrogen-bond acceptors (Lipinski definition) is 5. The van der Waals surface area contributed by atoms with E-state index in [4.69, 9.17) is 16.3 Å². The number of benzene rings is 2. The second-order valence-electron chi connectivity index (χ2n) is 5.07. The molecule has 1 aromatic heterocycles. The monoisotopic (exact) mass is 359 g/mol. The minimum absolute atomic E-state index is 0.0844. The third-order valence-corrected chi connectivity index (χ3v) is 4.29. The maximum absolute atomic E-state index is 11.9. The summed E-state index contributed by atoms with van der Waals surface area (Å²) in [6.07, 6.45) is 0. The number of anilines is 1. The molecule has 0 atom stereocenters. The highest BCUT2D eigenvalue weighted by molar-refractivity contribution is 7.18. The van der Waals surface area contributed by atoms with Gasteiger partial charge in [-0.3, -0.25) is 10.1 Å². The van der Waals surface area contributed by atoms with Crippen LogP contribution in [-0.4, -0.2) is 22.7 Å². The molecule has 0 aliphatic heterocycles. The number of ether oxygens (including phenoxy) is 1. The van der Waals surface area contributed by atoms with Crippen molar-refractivity contribution in [3.63, 3.8) is 0 Å². The summed E-state index contributed by atoms with van der Waals surface area (Å²) in [5.74, 6) is 0.365. The molecule has 0 unspecified atom stereocenters. The molecule has 0 spiro atoms. The van der Waals surface area contributed by atoms with Gasteiger partial charge >= 0.3 is 0 Å². The highest BCUT2D eigenvalue weighted by atomic mass is 35.5. The summed E-state index contributed by atoms with van der Waals surface area (Å²) in [5, 5.41) is 12.5. The van der Waals surface area contributed by atoms with Crippen LogP contribution >= 0.6 is 22.9 Å². The maximum Gasteiger partial charge on any atom is 0.264 e. The van der Waals surface area contributed by atoms with Gasteiger partial charge in [-0.05, 0) is 31.2 Å². The van der Waals surface area contributed by atoms with Crippen LogP contribution in [0.3, 0.4) is 0 Å². The zero-order valence-corrected chi connectivity index (χ0v) is 14.4. The second-order valence-corrected chi connectivity index (χ2v) is 6.48. The Morgan fingerprint density at radius 1 is 1.12 bits per heavy atom. The molecule has 7 heteroatoms. The maximum atomic E-state index is 11.9. The van der Waals surface area contributed by atoms with Gasteiger partial charge in [-0.15, -0.1) is 10.2 Å². The molecule has 0 saturated carbocycles. The zero-order chi connectivity index (χ0) is 16.9. The average molecular weight is 360 g/mol. The molecule has 0 aliphatic carbocycles. The van der Waals surface area contributed by atoms with Crippen molar-refractivity contribution in [2.45, 2.75) is 6.92 Å². The summed E-state index contributed by atoms with van der Waals surface area (Å²) >= 11 is 7.15. The molecule has 122 valence electrons. The van der Waals surface area contributed by atoms with Crippen LogP contribution in [-0.2, 0) is 4.79 Å². The third-order valence-electron chi connectivity index (χ3n) is 3.15. The molecule has 1 heterocycles. The predicted molar refractivity (Wildman–Crippen MR) is 95.7 cm³/mol. The third kappa shape index (κ3) is 4.31. The topological polar surface area (TPSA) is 64.1 Å². The second kappa shape index (κ2) is 7.42. The number of hydrogen-bond donors (Lipinski definition) is 1. The van der Waals surface area contributed by atoms with Gasteiger partial charge in [0, 0.05) is 10.6 Å². The van der Waals surface area contributed by atoms with E-state index >= 15 is 0 Å². The van der Waals surface area contributed by atoms with Crippen molar-refractivity contribution >= 4 is 34.0 Å². The molecule has 3 aromatic rings. The molecule has 24 heavy (non-hydrogen) atoms. The first-order chi connectivity index (χ1) is 11.6. The van der Waals surface area contributed by atoms with Crippen LogP contribution in [0.25, 0.3) is 10.6 Å². The normalized spacial score (nSPS) is 10.4. The summed E-state index contributed by atoms with van der Waals surface area (Å²) in [6.45, 7) is 1.91. The lowest BCUT2D eigenvalue weighted by molar-refractivity contribution is -0.118. The number of nitrogens with one attached hydrogen (secondary N) is 1. The lowest BCUT2D eigenvalue weighted by Gasteiger charge is -2.05. The molecule has 5 nitrogen and oxygen atoms in total. The van der Waals surface area contributed by atoms with Crippen molar-refractivity contribution in [3.05, 3.63) is 59.1 Å². The Kier molecular flexibility index (Phi) is 5.08. The molecule has 0 aliphatic rings. The van der Waals surface area contributed by atoms with Gasteiger partial charge in [0.05, 0.1) is 0 Å². The van der Waals surface area contributed by atoms with Crippen molar-refractivity contribution in [1.82, 2.24) is 10.2 Å². The SMILES string of the molecule is Cc1ccc(OCC(=O)Nc2nnc(-c3ccc(Cl)cc3)s2)cc1. The molecule has 0 fully saturated rings. The number of aromatic nitrogens is 2. The molecule has 1 amide bonds. The number of aryl methyl sites for hydroxylation is 1. The Labute approximate surface area is 148 Å². The number of nitrogens with zero attached hydrogens (tertiary/aromatic N) is 2. The van der Waals surface area contributed by atoms with E-state index in [1.807, 2.05) is 43.3 Å². The molecular weight excluding hydrogens is 346 g/mol. The average Bonchev–Trinajstić information content (AvgIpc) is 3.03. The van der Waals surface area contributed by atoms with Gasteiger partial charge in [0.2, 0.25) is 5.13 Å². The lowest BCUT2D eigenvalue weighted by Crippen LogP contribution is -2.20. The molecule has 3 rings (SSSR count). The van der Waals surface area contributed by atoms with Gasteiger partial charge in [0.1, 0.15) is 10.8 Å². The van der Waals surface area contributed by atoms with Crippen molar-refractivity contribution in [1.29, 1.82) is 0 Å². The van der Waals surface area contributed by atoms with E-state index in [-0.39, 0.29) is 12.5 Å². The van der Waals surface area contributed by atoms with Crippen LogP contribution in [0.4, 0.5) is 5.13 Å². The summed E-state index contributed by atoms with van der Waals surface area (Å²) in [6, 6.07) is 14.8. The number of carbonyl (C=O) groups excluding carboxylic acids is 1. The van der Waals surface area contributed by atoms with E-state index in [0.717, 1.165) is 11.1 Å². The van der Waals surface area contributed by atoms with Crippen molar-refractivity contribution in [2.24, 2.45) is 0 Å². The molecule has 2 aromatic carbocycles. The number of carbonyl (C=O) groups is 1. The fourth-order valence-electron chi connectivity index (χ4n) is 1.92. The van der Waals surface area contributed by atoms with Crippen LogP contribution in [0.1, 0.15) is 5.56 Å². The van der Waals surface area contributed by atoms with Crippen LogP contribution in [0.15, 0.2) is 48.5 Å². The number of rotatable bonds is 5. The van der Waals surface area contributed by atoms with E-state index in [0.29, 0.717) is 20.9 Å². The minimum Gasteiger partial charge on any atom is -0.484 e. The zero-order valence-electron chi connectivity index (χ0n) is 12.8. The van der Waals surface area contributed by atoms with E-state index in [2.05, 4.69) is 15.5 Å². The summed E-state index contributed by atoms with van der Waals surface area (Å²) in [4.78, 5) is 11.9. The van der Waals surface area contributed by atoms with Crippen LogP contribution in [0.5, 0.6) is 5.75 Å². The van der Waals surface area contributed by atoms with Gasteiger partial charge in [0.25, 0.3) is 5.91 Å². The first kappa shape index (κ1) is 16.4. The quantitative estimate of drug-likeness (QED) is 0.742. The van der Waals surface area contributed by atoms with Crippen molar-refractivity contribution < 1.29 is 9.53 Å². The minimum atomic E-state index is -0.283. The Morgan fingerprint density at radius 2 is 1.83 bits per heavy atom. The standard InChI is InChI=1S/C17H14ClN3O2S/c1-11-2-8-14(9-3-11)23-10-15(22)19-17-21-20-16(24-17)12-4-6-13(18)7-5-12/h2-9H,10H2,1H3,(H,19,21,22). The van der Waals surface area contributed by atoms with E-state index in [1.165, 1.54) is 11.3 Å². The lowest BCUT2D eigenvalue weighted by atomic mass is 10.2. The molecular formula is C17H14ClN3O2S. The summed E-state index contributed by atoms with van der Waals surface area (Å²) in [5.41, 5.74) is 2.03. The molecule has 0 bridgehead atoms. The van der Waals surface area contributed by atoms with E-state index < -0.39 is 0 Å². The largest absolute Gasteiger partial charge is 0.484 e. The van der Waals surface area contributed by atoms with Gasteiger partial charge in [-0.25, -0.2) is 0 Å². The van der Waals surface area contributed by atoms with Gasteiger partial charge in [-0.1, -0.05) is 52.8 Å². The highest BCUT2D eigenvalue weighted by Gasteiger charge is 2.10. The van der Waals surface area contributed by atoms with E-state index in [9.17, 15) is 4.79 Å². The summed E-state index contributed by atoms with van der Waals surface area (Å²) in [7, 11) is 0. The van der Waals surface area contributed by atoms with Crippen LogP contribution < -0.4 is 10.1 Å². The number of halogens is 1. The molecule has 0 radical (unpaired) electrons. The number of amides is 1. The Bertz CT molecular complexity index is 832. The first-order valence-electron chi connectivity index (χ1n) is 7.19. The Morgan fingerprint density at radius 3 is 2.54 bits per heavy atom. The van der Waals surface area contributed by atoms with Crippen molar-refractivity contribution in [2.75, 3.05) is 11.9 Å². The first-order valence-corrected chi connectivity index (χ1v) is 8.38. The van der Waals surface area contributed by atoms with Gasteiger partial charge < -0.3 is 4.74 Å². The van der Waals surface area contributed by atoms with E-state index in [1.54, 1.807) is 12.1 Å². The van der Waals surface area contributed by atoms with Gasteiger partial charge in [0.15, 0.2) is 6.61 Å². The van der Waals surface area contributed by atoms with Crippen LogP contribution in [0.2, 0.25) is 5.02 Å². The smallest absolute Gasteiger partial charge is 0.264 e. The van der Waals surface area contributed by atoms with Crippen molar-refractivity contribution in [3.8, 4) is 16.3 Å². The fourth-order valence-corrected chi connectivity index (χ4v) is 2.81. The fraction of sp³-hybridized carbons (Fsp3) is 0.118. The Hall–Kier alpha value is -2.44.